The number of hydrogen-bond donors (Lipinski definition) is 4. The average molecular weight is 397 g/mol. The van der Waals surface area contributed by atoms with Gasteiger partial charge in [0.15, 0.2) is 0 Å². The van der Waals surface area contributed by atoms with Gasteiger partial charge in [0, 0.05) is 24.8 Å². The number of aromatic amines is 1. The number of β-amino-alcohol motifs (C(OH)–C–C–N with tert-alkyl or cyclic N) is 1. The Morgan fingerprint density at radius 3 is 2.72 bits per heavy atom. The van der Waals surface area contributed by atoms with Gasteiger partial charge in [0.1, 0.15) is 17.8 Å². The number of benzene rings is 1. The number of aliphatic hydroxyl groups excluding tert-OH is 1. The number of aryl methyl sites for hydroxylation is 1. The van der Waals surface area contributed by atoms with Gasteiger partial charge in [0.2, 0.25) is 0 Å². The van der Waals surface area contributed by atoms with Crippen LogP contribution < -0.4 is 10.2 Å². The lowest BCUT2D eigenvalue weighted by molar-refractivity contribution is -0.122. The van der Waals surface area contributed by atoms with Crippen LogP contribution in [0.5, 0.6) is 0 Å². The molecule has 9 heteroatoms. The van der Waals surface area contributed by atoms with Crippen LogP contribution in [0.25, 0.3) is 11.0 Å². The molecule has 3 heterocycles. The van der Waals surface area contributed by atoms with Gasteiger partial charge in [-0.15, -0.1) is 0 Å². The first-order chi connectivity index (χ1) is 14.0. The molecule has 1 amide bonds. The summed E-state index contributed by atoms with van der Waals surface area (Å²) in [6.07, 6.45) is 3.42. The van der Waals surface area contributed by atoms with Crippen molar-refractivity contribution in [2.45, 2.75) is 25.5 Å². The Morgan fingerprint density at radius 2 is 2.03 bits per heavy atom. The van der Waals surface area contributed by atoms with Crippen molar-refractivity contribution in [2.24, 2.45) is 0 Å². The fourth-order valence-corrected chi connectivity index (χ4v) is 3.47. The van der Waals surface area contributed by atoms with Crippen molar-refractivity contribution >= 4 is 29.2 Å². The van der Waals surface area contributed by atoms with E-state index >= 15 is 0 Å². The molecular weight excluding hydrogens is 374 g/mol. The first kappa shape index (κ1) is 20.3. The summed E-state index contributed by atoms with van der Waals surface area (Å²) >= 11 is 0. The summed E-state index contributed by atoms with van der Waals surface area (Å²) in [7, 11) is 0. The van der Waals surface area contributed by atoms with Crippen LogP contribution in [0, 0.1) is 6.92 Å². The number of H-pyrrole nitrogens is 1. The molecule has 152 valence electrons. The Labute approximate surface area is 167 Å². The van der Waals surface area contributed by atoms with Gasteiger partial charge in [0.05, 0.1) is 17.5 Å². The second-order valence-corrected chi connectivity index (χ2v) is 6.75. The maximum atomic E-state index is 12.3. The van der Waals surface area contributed by atoms with Gasteiger partial charge in [-0.2, -0.15) is 0 Å². The van der Waals surface area contributed by atoms with E-state index in [1.165, 1.54) is 6.33 Å². The first-order valence-corrected chi connectivity index (χ1v) is 9.20. The molecule has 3 aromatic rings. The van der Waals surface area contributed by atoms with Gasteiger partial charge in [0.25, 0.3) is 12.4 Å². The van der Waals surface area contributed by atoms with Crippen molar-refractivity contribution in [3.8, 4) is 0 Å². The van der Waals surface area contributed by atoms with Gasteiger partial charge in [-0.1, -0.05) is 18.2 Å². The Balaban J connectivity index is 0.000000755. The molecule has 2 unspecified atom stereocenters. The van der Waals surface area contributed by atoms with Crippen LogP contribution in [0.2, 0.25) is 0 Å². The number of anilines is 1. The second kappa shape index (κ2) is 9.16. The van der Waals surface area contributed by atoms with Gasteiger partial charge >= 0.3 is 0 Å². The van der Waals surface area contributed by atoms with E-state index in [1.807, 2.05) is 31.3 Å². The minimum atomic E-state index is -0.666. The van der Waals surface area contributed by atoms with Gasteiger partial charge in [-0.3, -0.25) is 9.59 Å². The molecule has 4 rings (SSSR count). The molecule has 0 radical (unpaired) electrons. The van der Waals surface area contributed by atoms with E-state index in [9.17, 15) is 9.90 Å². The molecule has 2 atom stereocenters. The first-order valence-electron chi connectivity index (χ1n) is 9.20. The van der Waals surface area contributed by atoms with Crippen LogP contribution in [0.15, 0.2) is 42.9 Å². The van der Waals surface area contributed by atoms with E-state index in [-0.39, 0.29) is 18.4 Å². The molecule has 1 aliphatic rings. The number of amides is 1. The number of carboxylic acid groups (broad SMARTS) is 1. The third-order valence-electron chi connectivity index (χ3n) is 4.88. The minimum absolute atomic E-state index is 0.158. The highest BCUT2D eigenvalue weighted by atomic mass is 16.3. The number of carbonyl (C=O) groups is 2. The monoisotopic (exact) mass is 397 g/mol. The van der Waals surface area contributed by atoms with Crippen molar-refractivity contribution in [3.63, 3.8) is 0 Å². The number of rotatable bonds is 3. The molecule has 29 heavy (non-hydrogen) atoms. The van der Waals surface area contributed by atoms with Gasteiger partial charge in [-0.25, -0.2) is 9.97 Å². The molecular formula is C20H23N5O4. The van der Waals surface area contributed by atoms with E-state index in [0.717, 1.165) is 22.4 Å². The van der Waals surface area contributed by atoms with Crippen molar-refractivity contribution in [3.05, 3.63) is 54.0 Å². The lowest BCUT2D eigenvalue weighted by Crippen LogP contribution is -2.54. The van der Waals surface area contributed by atoms with E-state index in [2.05, 4.69) is 25.2 Å². The number of piperidine rings is 1. The van der Waals surface area contributed by atoms with E-state index < -0.39 is 6.10 Å². The standard InChI is InChI=1S/C19H21N5O2.CH2O2/c1-12-9-20-17-16(12)18(22-11-21-17)24-8-7-14(15(25)10-24)23-19(26)13-5-3-2-4-6-13;2-1-3/h2-6,9,11,14-15,25H,7-8,10H2,1H3,(H,23,26)(H,20,21,22);1H,(H,2,3). The molecule has 2 aromatic heterocycles. The zero-order valence-electron chi connectivity index (χ0n) is 15.9. The highest BCUT2D eigenvalue weighted by molar-refractivity contribution is 5.94. The Bertz CT molecular complexity index is 975. The molecule has 0 saturated carbocycles. The maximum Gasteiger partial charge on any atom is 0.290 e. The number of nitrogens with one attached hydrogen (secondary N) is 2. The van der Waals surface area contributed by atoms with Crippen LogP contribution in [0.4, 0.5) is 5.82 Å². The topological polar surface area (TPSA) is 131 Å². The highest BCUT2D eigenvalue weighted by Gasteiger charge is 2.30. The third-order valence-corrected chi connectivity index (χ3v) is 4.88. The normalized spacial score (nSPS) is 18.6. The molecule has 1 aromatic carbocycles. The smallest absolute Gasteiger partial charge is 0.290 e. The molecule has 1 aliphatic heterocycles. The molecule has 0 aliphatic carbocycles. The molecule has 0 bridgehead atoms. The Hall–Kier alpha value is -3.46. The van der Waals surface area contributed by atoms with Crippen molar-refractivity contribution in [1.82, 2.24) is 20.3 Å². The predicted molar refractivity (Wildman–Crippen MR) is 108 cm³/mol. The van der Waals surface area contributed by atoms with E-state index in [4.69, 9.17) is 9.90 Å². The van der Waals surface area contributed by atoms with Crippen molar-refractivity contribution in [2.75, 3.05) is 18.0 Å². The number of aliphatic hydroxyl groups is 1. The summed E-state index contributed by atoms with van der Waals surface area (Å²) in [6.45, 7) is 2.87. The minimum Gasteiger partial charge on any atom is -0.483 e. The summed E-state index contributed by atoms with van der Waals surface area (Å²) in [5, 5.41) is 21.4. The number of hydrogen-bond acceptors (Lipinski definition) is 6. The summed E-state index contributed by atoms with van der Waals surface area (Å²) in [6, 6.07) is 8.78. The third kappa shape index (κ3) is 4.52. The molecule has 0 spiro atoms. The number of nitrogens with zero attached hydrogens (tertiary/aromatic N) is 3. The number of fused-ring (bicyclic) bond motifs is 1. The second-order valence-electron chi connectivity index (χ2n) is 6.75. The largest absolute Gasteiger partial charge is 0.483 e. The molecule has 4 N–H and O–H groups in total. The van der Waals surface area contributed by atoms with Crippen LogP contribution >= 0.6 is 0 Å². The van der Waals surface area contributed by atoms with Gasteiger partial charge in [-0.05, 0) is 31.0 Å². The highest BCUT2D eigenvalue weighted by Crippen LogP contribution is 2.28. The van der Waals surface area contributed by atoms with Crippen LogP contribution in [0.3, 0.4) is 0 Å². The number of carbonyl (C=O) groups excluding carboxylic acids is 1. The summed E-state index contributed by atoms with van der Waals surface area (Å²) in [4.78, 5) is 34.6. The molecule has 1 saturated heterocycles. The maximum absolute atomic E-state index is 12.3. The molecule has 1 fully saturated rings. The summed E-state index contributed by atoms with van der Waals surface area (Å²) in [5.41, 5.74) is 2.47. The lowest BCUT2D eigenvalue weighted by Gasteiger charge is -2.37. The zero-order valence-corrected chi connectivity index (χ0v) is 15.9. The predicted octanol–water partition coefficient (Wildman–Crippen LogP) is 1.34. The van der Waals surface area contributed by atoms with Crippen molar-refractivity contribution in [1.29, 1.82) is 0 Å². The Kier molecular flexibility index (Phi) is 6.40. The number of aromatic nitrogens is 3. The van der Waals surface area contributed by atoms with Crippen molar-refractivity contribution < 1.29 is 19.8 Å². The quantitative estimate of drug-likeness (QED) is 0.490. The lowest BCUT2D eigenvalue weighted by atomic mass is 10.0. The average Bonchev–Trinajstić information content (AvgIpc) is 3.12. The fourth-order valence-electron chi connectivity index (χ4n) is 3.47. The van der Waals surface area contributed by atoms with Gasteiger partial charge < -0.3 is 25.4 Å². The Morgan fingerprint density at radius 1 is 1.31 bits per heavy atom. The summed E-state index contributed by atoms with van der Waals surface area (Å²) in [5.74, 6) is 0.662. The van der Waals surface area contributed by atoms with Crippen LogP contribution in [-0.4, -0.2) is 62.8 Å². The van der Waals surface area contributed by atoms with E-state index in [0.29, 0.717) is 25.1 Å². The fraction of sp³-hybridized carbons (Fsp3) is 0.300. The zero-order chi connectivity index (χ0) is 20.8. The van der Waals surface area contributed by atoms with Crippen LogP contribution in [-0.2, 0) is 4.79 Å². The SMILES string of the molecule is Cc1c[nH]c2ncnc(N3CCC(NC(=O)c4ccccc4)C(O)C3)c12.O=CO. The van der Waals surface area contributed by atoms with E-state index in [1.54, 1.807) is 12.1 Å². The van der Waals surface area contributed by atoms with Crippen LogP contribution in [0.1, 0.15) is 22.3 Å². The summed E-state index contributed by atoms with van der Waals surface area (Å²) < 4.78 is 0. The molecule has 9 nitrogen and oxygen atoms in total.